The van der Waals surface area contributed by atoms with Gasteiger partial charge in [-0.2, -0.15) is 9.57 Å². The van der Waals surface area contributed by atoms with E-state index < -0.39 is 25.1 Å². The zero-order valence-electron chi connectivity index (χ0n) is 8.96. The van der Waals surface area contributed by atoms with Crippen LogP contribution in [0.4, 0.5) is 0 Å². The second-order valence-corrected chi connectivity index (χ2v) is 8.43. The quantitative estimate of drug-likeness (QED) is 0.632. The van der Waals surface area contributed by atoms with Crippen molar-refractivity contribution in [1.29, 1.82) is 5.26 Å². The van der Waals surface area contributed by atoms with Crippen LogP contribution in [-0.4, -0.2) is 51.5 Å². The number of sulfonamides is 1. The normalized spacial score (nSPS) is 21.8. The fourth-order valence-electron chi connectivity index (χ4n) is 1.61. The van der Waals surface area contributed by atoms with Crippen LogP contribution < -0.4 is 0 Å². The molecule has 0 atom stereocenters. The molecule has 1 saturated heterocycles. The van der Waals surface area contributed by atoms with E-state index in [1.54, 1.807) is 6.07 Å². The Hall–Kier alpha value is -0.650. The van der Waals surface area contributed by atoms with Crippen molar-refractivity contribution >= 4 is 19.9 Å². The van der Waals surface area contributed by atoms with Crippen molar-refractivity contribution in [2.24, 2.45) is 0 Å². The molecular weight excluding hydrogens is 252 g/mol. The van der Waals surface area contributed by atoms with Crippen molar-refractivity contribution in [3.63, 3.8) is 0 Å². The predicted octanol–water partition coefficient (Wildman–Crippen LogP) is -0.651. The molecule has 8 heteroatoms. The summed E-state index contributed by atoms with van der Waals surface area (Å²) in [5, 5.41) is 7.76. The first-order valence-electron chi connectivity index (χ1n) is 4.82. The van der Waals surface area contributed by atoms with Gasteiger partial charge in [-0.05, 0) is 12.8 Å². The van der Waals surface area contributed by atoms with E-state index >= 15 is 0 Å². The first-order chi connectivity index (χ1) is 7.29. The van der Waals surface area contributed by atoms with Gasteiger partial charge in [-0.15, -0.1) is 0 Å². The highest BCUT2D eigenvalue weighted by Crippen LogP contribution is 2.21. The Bertz CT molecular complexity index is 475. The number of hydrogen-bond acceptors (Lipinski definition) is 5. The van der Waals surface area contributed by atoms with Crippen molar-refractivity contribution in [3.8, 4) is 6.07 Å². The van der Waals surface area contributed by atoms with Crippen LogP contribution in [0.1, 0.15) is 12.8 Å². The molecule has 1 aliphatic heterocycles. The summed E-state index contributed by atoms with van der Waals surface area (Å²) in [7, 11) is -5.25. The third-order valence-electron chi connectivity index (χ3n) is 2.65. The third-order valence-corrected chi connectivity index (χ3v) is 6.68. The lowest BCUT2D eigenvalue weighted by Crippen LogP contribution is -2.40. The SMILES string of the molecule is CN(CC#N)S(=O)(=O)C1CCS(=O)(=O)CC1. The van der Waals surface area contributed by atoms with Crippen molar-refractivity contribution in [2.75, 3.05) is 25.1 Å². The Morgan fingerprint density at radius 2 is 1.88 bits per heavy atom. The van der Waals surface area contributed by atoms with Gasteiger partial charge in [0.2, 0.25) is 10.0 Å². The number of hydrogen-bond donors (Lipinski definition) is 0. The van der Waals surface area contributed by atoms with Crippen molar-refractivity contribution < 1.29 is 16.8 Å². The summed E-state index contributed by atoms with van der Waals surface area (Å²) in [5.41, 5.74) is 0. The molecular formula is C8H14N2O4S2. The van der Waals surface area contributed by atoms with E-state index in [0.29, 0.717) is 0 Å². The van der Waals surface area contributed by atoms with E-state index in [-0.39, 0.29) is 30.9 Å². The third kappa shape index (κ3) is 2.93. The number of sulfone groups is 1. The zero-order chi connectivity index (χ0) is 12.4. The van der Waals surface area contributed by atoms with Crippen molar-refractivity contribution in [2.45, 2.75) is 18.1 Å². The minimum atomic E-state index is -3.53. The van der Waals surface area contributed by atoms with Crippen LogP contribution in [0, 0.1) is 11.3 Å². The Kier molecular flexibility index (Phi) is 3.93. The maximum Gasteiger partial charge on any atom is 0.217 e. The van der Waals surface area contributed by atoms with Gasteiger partial charge in [0.25, 0.3) is 0 Å². The Labute approximate surface area is 95.8 Å². The Balaban J connectivity index is 2.77. The van der Waals surface area contributed by atoms with E-state index in [2.05, 4.69) is 0 Å². The first kappa shape index (κ1) is 13.4. The summed E-state index contributed by atoms with van der Waals surface area (Å²) < 4.78 is 47.0. The van der Waals surface area contributed by atoms with Gasteiger partial charge in [0, 0.05) is 7.05 Å². The molecule has 0 spiro atoms. The predicted molar refractivity (Wildman–Crippen MR) is 58.8 cm³/mol. The topological polar surface area (TPSA) is 95.3 Å². The number of rotatable bonds is 3. The highest BCUT2D eigenvalue weighted by molar-refractivity contribution is 7.92. The van der Waals surface area contributed by atoms with Crippen LogP contribution in [0.15, 0.2) is 0 Å². The smallest absolute Gasteiger partial charge is 0.217 e. The fraction of sp³-hybridized carbons (Fsp3) is 0.875. The highest BCUT2D eigenvalue weighted by Gasteiger charge is 2.35. The summed E-state index contributed by atoms with van der Waals surface area (Å²) in [6.45, 7) is -0.203. The number of nitrogens with zero attached hydrogens (tertiary/aromatic N) is 2. The molecule has 92 valence electrons. The van der Waals surface area contributed by atoms with Gasteiger partial charge in [0.15, 0.2) is 0 Å². The molecule has 0 unspecified atom stereocenters. The van der Waals surface area contributed by atoms with Crippen molar-refractivity contribution in [3.05, 3.63) is 0 Å². The van der Waals surface area contributed by atoms with Crippen LogP contribution >= 0.6 is 0 Å². The molecule has 6 nitrogen and oxygen atoms in total. The van der Waals surface area contributed by atoms with Crippen LogP contribution in [0.5, 0.6) is 0 Å². The molecule has 1 heterocycles. The molecule has 1 aliphatic rings. The molecule has 0 radical (unpaired) electrons. The van der Waals surface area contributed by atoms with Crippen LogP contribution in [0.3, 0.4) is 0 Å². The van der Waals surface area contributed by atoms with Gasteiger partial charge >= 0.3 is 0 Å². The van der Waals surface area contributed by atoms with Crippen LogP contribution in [-0.2, 0) is 19.9 Å². The van der Waals surface area contributed by atoms with E-state index in [9.17, 15) is 16.8 Å². The first-order valence-corrected chi connectivity index (χ1v) is 8.14. The standard InChI is InChI=1S/C8H14N2O4S2/c1-10(5-4-9)16(13,14)8-2-6-15(11,12)7-3-8/h8H,2-3,5-7H2,1H3. The maximum atomic E-state index is 11.9. The molecule has 0 N–H and O–H groups in total. The van der Waals surface area contributed by atoms with E-state index in [1.165, 1.54) is 7.05 Å². The average Bonchev–Trinajstić information content (AvgIpc) is 2.17. The van der Waals surface area contributed by atoms with Gasteiger partial charge in [0.05, 0.1) is 22.8 Å². The van der Waals surface area contributed by atoms with Crippen LogP contribution in [0.2, 0.25) is 0 Å². The molecule has 0 aromatic heterocycles. The lowest BCUT2D eigenvalue weighted by molar-refractivity contribution is 0.478. The average molecular weight is 266 g/mol. The zero-order valence-corrected chi connectivity index (χ0v) is 10.6. The Morgan fingerprint density at radius 1 is 1.38 bits per heavy atom. The molecule has 16 heavy (non-hydrogen) atoms. The highest BCUT2D eigenvalue weighted by atomic mass is 32.2. The van der Waals surface area contributed by atoms with Gasteiger partial charge in [-0.3, -0.25) is 0 Å². The lowest BCUT2D eigenvalue weighted by Gasteiger charge is -2.25. The lowest BCUT2D eigenvalue weighted by atomic mass is 10.2. The maximum absolute atomic E-state index is 11.9. The molecule has 0 aromatic rings. The Morgan fingerprint density at radius 3 is 2.31 bits per heavy atom. The van der Waals surface area contributed by atoms with Crippen molar-refractivity contribution in [1.82, 2.24) is 4.31 Å². The van der Waals surface area contributed by atoms with Gasteiger partial charge in [0.1, 0.15) is 16.4 Å². The molecule has 1 fully saturated rings. The van der Waals surface area contributed by atoms with Gasteiger partial charge < -0.3 is 0 Å². The summed E-state index contributed by atoms with van der Waals surface area (Å²) in [6.07, 6.45) is 0.251. The summed E-state index contributed by atoms with van der Waals surface area (Å²) in [4.78, 5) is 0. The van der Waals surface area contributed by atoms with E-state index in [0.717, 1.165) is 4.31 Å². The van der Waals surface area contributed by atoms with Gasteiger partial charge in [-0.1, -0.05) is 0 Å². The molecule has 0 aliphatic carbocycles. The summed E-state index contributed by atoms with van der Waals surface area (Å²) in [6, 6.07) is 1.76. The van der Waals surface area contributed by atoms with Crippen LogP contribution in [0.25, 0.3) is 0 Å². The largest absolute Gasteiger partial charge is 0.229 e. The second kappa shape index (κ2) is 4.69. The minimum absolute atomic E-state index is 0.0860. The molecule has 0 aromatic carbocycles. The monoisotopic (exact) mass is 266 g/mol. The van der Waals surface area contributed by atoms with Gasteiger partial charge in [-0.25, -0.2) is 16.8 Å². The molecule has 1 rings (SSSR count). The molecule has 0 saturated carbocycles. The van der Waals surface area contributed by atoms with E-state index in [1.807, 2.05) is 0 Å². The number of nitriles is 1. The minimum Gasteiger partial charge on any atom is -0.229 e. The molecule has 0 bridgehead atoms. The molecule has 0 amide bonds. The van der Waals surface area contributed by atoms with E-state index in [4.69, 9.17) is 5.26 Å². The summed E-state index contributed by atoms with van der Waals surface area (Å²) >= 11 is 0. The summed E-state index contributed by atoms with van der Waals surface area (Å²) in [5.74, 6) is -0.172. The fourth-order valence-corrected chi connectivity index (χ4v) is 4.98. The second-order valence-electron chi connectivity index (χ2n) is 3.81.